The Bertz CT molecular complexity index is 811. The zero-order valence-electron chi connectivity index (χ0n) is 12.3. The van der Waals surface area contributed by atoms with Gasteiger partial charge in [-0.05, 0) is 58.3 Å². The van der Waals surface area contributed by atoms with E-state index in [1.54, 1.807) is 7.11 Å². The van der Waals surface area contributed by atoms with E-state index in [9.17, 15) is 0 Å². The fraction of sp³-hybridized carbons (Fsp3) is 0.312. The van der Waals surface area contributed by atoms with Gasteiger partial charge in [0.2, 0.25) is 0 Å². The molecule has 0 N–H and O–H groups in total. The Morgan fingerprint density at radius 3 is 2.64 bits per heavy atom. The van der Waals surface area contributed by atoms with Gasteiger partial charge in [-0.3, -0.25) is 0 Å². The average Bonchev–Trinajstić information content (AvgIpc) is 3.30. The van der Waals surface area contributed by atoms with E-state index in [1.807, 2.05) is 41.1 Å². The van der Waals surface area contributed by atoms with Gasteiger partial charge in [-0.1, -0.05) is 12.1 Å². The number of benzene rings is 2. The summed E-state index contributed by atoms with van der Waals surface area (Å²) in [5.74, 6) is 2.40. The molecule has 4 rings (SSSR count). The first kappa shape index (κ1) is 13.1. The highest BCUT2D eigenvalue weighted by Crippen LogP contribution is 2.34. The predicted octanol–water partition coefficient (Wildman–Crippen LogP) is 2.75. The van der Waals surface area contributed by atoms with Gasteiger partial charge in [0.15, 0.2) is 5.82 Å². The second-order valence-corrected chi connectivity index (χ2v) is 5.43. The minimum absolute atomic E-state index is 0.374. The fourth-order valence-electron chi connectivity index (χ4n) is 2.48. The van der Waals surface area contributed by atoms with E-state index < -0.39 is 0 Å². The van der Waals surface area contributed by atoms with E-state index in [4.69, 9.17) is 9.47 Å². The van der Waals surface area contributed by atoms with Gasteiger partial charge >= 0.3 is 0 Å². The van der Waals surface area contributed by atoms with Crippen LogP contribution in [0.3, 0.4) is 0 Å². The minimum atomic E-state index is 0.374. The maximum Gasteiger partial charge on any atom is 0.189 e. The van der Waals surface area contributed by atoms with E-state index in [0.29, 0.717) is 12.6 Å². The van der Waals surface area contributed by atoms with Gasteiger partial charge in [0, 0.05) is 0 Å². The molecule has 0 bridgehead atoms. The first-order chi connectivity index (χ1) is 10.8. The highest BCUT2D eigenvalue weighted by molar-refractivity contribution is 5.85. The largest absolute Gasteiger partial charge is 0.497 e. The highest BCUT2D eigenvalue weighted by Gasteiger charge is 2.27. The van der Waals surface area contributed by atoms with Gasteiger partial charge < -0.3 is 9.47 Å². The molecule has 0 spiro atoms. The van der Waals surface area contributed by atoms with Crippen molar-refractivity contribution in [1.82, 2.24) is 20.2 Å². The molecule has 1 aromatic heterocycles. The van der Waals surface area contributed by atoms with Crippen LogP contribution in [0.4, 0.5) is 0 Å². The number of nitrogens with zero attached hydrogens (tertiary/aromatic N) is 4. The average molecular weight is 296 g/mol. The molecule has 1 aliphatic rings. The number of tetrazole rings is 1. The molecule has 112 valence electrons. The summed E-state index contributed by atoms with van der Waals surface area (Å²) in [7, 11) is 1.67. The topological polar surface area (TPSA) is 62.1 Å². The lowest BCUT2D eigenvalue weighted by molar-refractivity contribution is 0.287. The Balaban J connectivity index is 1.54. The third-order valence-corrected chi connectivity index (χ3v) is 3.84. The molecule has 0 saturated heterocycles. The van der Waals surface area contributed by atoms with Crippen LogP contribution in [0.25, 0.3) is 10.8 Å². The van der Waals surface area contributed by atoms with Crippen LogP contribution in [-0.4, -0.2) is 27.3 Å². The first-order valence-electron chi connectivity index (χ1n) is 7.31. The van der Waals surface area contributed by atoms with Crippen molar-refractivity contribution < 1.29 is 9.47 Å². The van der Waals surface area contributed by atoms with E-state index in [2.05, 4.69) is 15.5 Å². The lowest BCUT2D eigenvalue weighted by atomic mass is 10.1. The second-order valence-electron chi connectivity index (χ2n) is 5.43. The van der Waals surface area contributed by atoms with E-state index in [1.165, 1.54) is 0 Å². The van der Waals surface area contributed by atoms with Crippen LogP contribution < -0.4 is 9.47 Å². The lowest BCUT2D eigenvalue weighted by Gasteiger charge is -2.08. The van der Waals surface area contributed by atoms with Crippen molar-refractivity contribution in [3.05, 3.63) is 42.2 Å². The van der Waals surface area contributed by atoms with E-state index >= 15 is 0 Å². The normalized spacial score (nSPS) is 14.2. The summed E-state index contributed by atoms with van der Waals surface area (Å²) in [6.45, 7) is 0.374. The molecular formula is C16H16N4O2. The fourth-order valence-corrected chi connectivity index (χ4v) is 2.48. The molecule has 0 amide bonds. The quantitative estimate of drug-likeness (QED) is 0.724. The van der Waals surface area contributed by atoms with Crippen LogP contribution in [-0.2, 0) is 6.61 Å². The summed E-state index contributed by atoms with van der Waals surface area (Å²) in [6, 6.07) is 12.4. The van der Waals surface area contributed by atoms with Crippen LogP contribution in [0.15, 0.2) is 36.4 Å². The Hall–Kier alpha value is -2.63. The monoisotopic (exact) mass is 296 g/mol. The number of aromatic nitrogens is 4. The minimum Gasteiger partial charge on any atom is -0.497 e. The molecule has 1 saturated carbocycles. The second kappa shape index (κ2) is 5.29. The predicted molar refractivity (Wildman–Crippen MR) is 80.9 cm³/mol. The van der Waals surface area contributed by atoms with E-state index in [-0.39, 0.29) is 0 Å². The molecule has 0 unspecified atom stereocenters. The van der Waals surface area contributed by atoms with E-state index in [0.717, 1.165) is 40.9 Å². The van der Waals surface area contributed by atoms with Crippen molar-refractivity contribution in [1.29, 1.82) is 0 Å². The molecule has 2 aromatic carbocycles. The summed E-state index contributed by atoms with van der Waals surface area (Å²) in [4.78, 5) is 0. The lowest BCUT2D eigenvalue weighted by Crippen LogP contribution is -2.07. The van der Waals surface area contributed by atoms with Gasteiger partial charge in [-0.15, -0.1) is 5.10 Å². The molecule has 1 fully saturated rings. The van der Waals surface area contributed by atoms with Crippen molar-refractivity contribution in [2.45, 2.75) is 25.5 Å². The van der Waals surface area contributed by atoms with Crippen LogP contribution in [0.1, 0.15) is 24.7 Å². The Morgan fingerprint density at radius 2 is 1.86 bits per heavy atom. The van der Waals surface area contributed by atoms with Crippen molar-refractivity contribution >= 4 is 10.8 Å². The van der Waals surface area contributed by atoms with Crippen molar-refractivity contribution in [3.8, 4) is 11.5 Å². The number of ether oxygens (including phenoxy) is 2. The van der Waals surface area contributed by atoms with Crippen molar-refractivity contribution in [3.63, 3.8) is 0 Å². The van der Waals surface area contributed by atoms with Gasteiger partial charge in [-0.2, -0.15) is 0 Å². The number of hydrogen-bond donors (Lipinski definition) is 0. The molecular weight excluding hydrogens is 280 g/mol. The zero-order chi connectivity index (χ0) is 14.9. The molecule has 0 radical (unpaired) electrons. The third-order valence-electron chi connectivity index (χ3n) is 3.84. The molecule has 6 heteroatoms. The Morgan fingerprint density at radius 1 is 1.09 bits per heavy atom. The van der Waals surface area contributed by atoms with Crippen molar-refractivity contribution in [2.75, 3.05) is 7.11 Å². The smallest absolute Gasteiger partial charge is 0.189 e. The van der Waals surface area contributed by atoms with Crippen LogP contribution >= 0.6 is 0 Å². The number of fused-ring (bicyclic) bond motifs is 1. The standard InChI is InChI=1S/C16H16N4O2/c1-21-14-6-2-11-3-7-15(9-12(11)8-14)22-10-16-17-18-19-20(16)13-4-5-13/h2-3,6-9,13H,4-5,10H2,1H3. The van der Waals surface area contributed by atoms with Crippen LogP contribution in [0.5, 0.6) is 11.5 Å². The molecule has 3 aromatic rings. The Kier molecular flexibility index (Phi) is 3.14. The van der Waals surface area contributed by atoms with Gasteiger partial charge in [0.25, 0.3) is 0 Å². The van der Waals surface area contributed by atoms with Crippen LogP contribution in [0, 0.1) is 0 Å². The SMILES string of the molecule is COc1ccc2ccc(OCc3nnnn3C3CC3)cc2c1. The number of methoxy groups -OCH3 is 1. The maximum absolute atomic E-state index is 5.85. The number of rotatable bonds is 5. The summed E-state index contributed by atoms with van der Waals surface area (Å²) in [5, 5.41) is 14.0. The number of hydrogen-bond acceptors (Lipinski definition) is 5. The van der Waals surface area contributed by atoms with Gasteiger partial charge in [0.05, 0.1) is 13.2 Å². The molecule has 1 heterocycles. The molecule has 0 aliphatic heterocycles. The van der Waals surface area contributed by atoms with Crippen molar-refractivity contribution in [2.24, 2.45) is 0 Å². The maximum atomic E-state index is 5.85. The summed E-state index contributed by atoms with van der Waals surface area (Å²) >= 11 is 0. The zero-order valence-corrected chi connectivity index (χ0v) is 12.3. The first-order valence-corrected chi connectivity index (χ1v) is 7.31. The summed E-state index contributed by atoms with van der Waals surface area (Å²) < 4.78 is 13.0. The van der Waals surface area contributed by atoms with Gasteiger partial charge in [0.1, 0.15) is 18.1 Å². The molecule has 22 heavy (non-hydrogen) atoms. The molecule has 0 atom stereocenters. The Labute approximate surface area is 127 Å². The summed E-state index contributed by atoms with van der Waals surface area (Å²) in [6.07, 6.45) is 2.29. The highest BCUT2D eigenvalue weighted by atomic mass is 16.5. The molecule has 1 aliphatic carbocycles. The third kappa shape index (κ3) is 2.47. The van der Waals surface area contributed by atoms with Crippen LogP contribution in [0.2, 0.25) is 0 Å². The van der Waals surface area contributed by atoms with Gasteiger partial charge in [-0.25, -0.2) is 4.68 Å². The molecule has 6 nitrogen and oxygen atoms in total. The summed E-state index contributed by atoms with van der Waals surface area (Å²) in [5.41, 5.74) is 0.